The van der Waals surface area contributed by atoms with Crippen LogP contribution in [0.2, 0.25) is 0 Å². The van der Waals surface area contributed by atoms with Crippen LogP contribution in [0.1, 0.15) is 49.9 Å². The first kappa shape index (κ1) is 17.5. The first-order valence-corrected chi connectivity index (χ1v) is 10.5. The predicted molar refractivity (Wildman–Crippen MR) is 120 cm³/mol. The predicted octanol–water partition coefficient (Wildman–Crippen LogP) is 6.15. The zero-order valence-electron chi connectivity index (χ0n) is 17.7. The van der Waals surface area contributed by atoms with Gasteiger partial charge in [-0.15, -0.1) is 0 Å². The molecule has 0 radical (unpaired) electrons. The van der Waals surface area contributed by atoms with Crippen molar-refractivity contribution >= 4 is 0 Å². The largest absolute Gasteiger partial charge is 0.254 e. The Bertz CT molecular complexity index is 1350. The summed E-state index contributed by atoms with van der Waals surface area (Å²) in [6.07, 6.45) is 3.79. The van der Waals surface area contributed by atoms with Gasteiger partial charge in [0.05, 0.1) is 22.8 Å². The van der Waals surface area contributed by atoms with Gasteiger partial charge in [-0.3, -0.25) is 9.97 Å². The molecule has 1 aromatic carbocycles. The lowest BCUT2D eigenvalue weighted by Gasteiger charge is -2.21. The van der Waals surface area contributed by atoms with Crippen molar-refractivity contribution in [2.45, 2.75) is 38.5 Å². The van der Waals surface area contributed by atoms with Crippen LogP contribution < -0.4 is 0 Å². The van der Waals surface area contributed by atoms with E-state index in [0.29, 0.717) is 0 Å². The van der Waals surface area contributed by atoms with Crippen molar-refractivity contribution < 1.29 is 0 Å². The van der Waals surface area contributed by atoms with Crippen LogP contribution >= 0.6 is 0 Å². The summed E-state index contributed by atoms with van der Waals surface area (Å²) in [5.74, 6) is 0. The van der Waals surface area contributed by atoms with Crippen molar-refractivity contribution in [2.24, 2.45) is 0 Å². The minimum absolute atomic E-state index is 0.0249. The van der Waals surface area contributed by atoms with Gasteiger partial charge in [-0.25, -0.2) is 4.98 Å². The Labute approximate surface area is 176 Å². The van der Waals surface area contributed by atoms with Crippen LogP contribution in [0.3, 0.4) is 0 Å². The van der Waals surface area contributed by atoms with E-state index in [-0.39, 0.29) is 10.8 Å². The average molecular weight is 390 g/mol. The summed E-state index contributed by atoms with van der Waals surface area (Å²) >= 11 is 0. The zero-order valence-corrected chi connectivity index (χ0v) is 17.7. The molecule has 0 spiro atoms. The molecule has 4 aromatic rings. The molecule has 0 unspecified atom stereocenters. The third kappa shape index (κ3) is 2.12. The highest BCUT2D eigenvalue weighted by Gasteiger charge is 2.38. The van der Waals surface area contributed by atoms with E-state index in [1.54, 1.807) is 0 Å². The van der Waals surface area contributed by atoms with E-state index in [0.717, 1.165) is 28.3 Å². The lowest BCUT2D eigenvalue weighted by atomic mass is 9.82. The van der Waals surface area contributed by atoms with Crippen molar-refractivity contribution in [1.29, 1.82) is 0 Å². The van der Waals surface area contributed by atoms with E-state index in [2.05, 4.69) is 81.2 Å². The Morgan fingerprint density at radius 3 is 2.20 bits per heavy atom. The number of nitrogens with zero attached hydrogens (tertiary/aromatic N) is 3. The second-order valence-corrected chi connectivity index (χ2v) is 9.41. The number of hydrogen-bond donors (Lipinski definition) is 0. The number of fused-ring (bicyclic) bond motifs is 6. The maximum absolute atomic E-state index is 5.13. The summed E-state index contributed by atoms with van der Waals surface area (Å²) in [7, 11) is 0. The molecule has 0 N–H and O–H groups in total. The van der Waals surface area contributed by atoms with Crippen LogP contribution in [0.4, 0.5) is 0 Å². The molecule has 3 heterocycles. The lowest BCUT2D eigenvalue weighted by Crippen LogP contribution is -2.15. The summed E-state index contributed by atoms with van der Waals surface area (Å²) in [6, 6.07) is 19.4. The quantitative estimate of drug-likeness (QED) is 0.392. The Kier molecular flexibility index (Phi) is 3.29. The molecule has 0 atom stereocenters. The molecule has 0 bridgehead atoms. The number of hydrogen-bond acceptors (Lipinski definition) is 3. The molecule has 0 saturated carbocycles. The minimum atomic E-state index is -0.118. The molecule has 0 amide bonds. The Morgan fingerprint density at radius 1 is 0.633 bits per heavy atom. The minimum Gasteiger partial charge on any atom is -0.254 e. The fourth-order valence-electron chi connectivity index (χ4n) is 5.22. The van der Waals surface area contributed by atoms with Crippen LogP contribution in [0.15, 0.2) is 67.0 Å². The fourth-order valence-corrected chi connectivity index (χ4v) is 5.22. The highest BCUT2D eigenvalue weighted by molar-refractivity contribution is 5.81. The maximum atomic E-state index is 5.13. The maximum Gasteiger partial charge on any atom is 0.0930 e. The van der Waals surface area contributed by atoms with Gasteiger partial charge in [0.15, 0.2) is 0 Å². The van der Waals surface area contributed by atoms with E-state index in [1.807, 2.05) is 18.5 Å². The molecule has 0 fully saturated rings. The Hall–Kier alpha value is -3.33. The van der Waals surface area contributed by atoms with E-state index in [9.17, 15) is 0 Å². The molecule has 2 aliphatic carbocycles. The average Bonchev–Trinajstić information content (AvgIpc) is 3.14. The lowest BCUT2D eigenvalue weighted by molar-refractivity contribution is 0.657. The fraction of sp³-hybridized carbons (Fsp3) is 0.222. The van der Waals surface area contributed by atoms with Gasteiger partial charge in [-0.1, -0.05) is 64.1 Å². The van der Waals surface area contributed by atoms with Gasteiger partial charge in [0.1, 0.15) is 0 Å². The van der Waals surface area contributed by atoms with E-state index < -0.39 is 0 Å². The van der Waals surface area contributed by atoms with Crippen LogP contribution in [0.25, 0.3) is 33.9 Å². The van der Waals surface area contributed by atoms with Crippen molar-refractivity contribution in [2.75, 3.05) is 0 Å². The summed E-state index contributed by atoms with van der Waals surface area (Å²) in [6.45, 7) is 9.06. The van der Waals surface area contributed by atoms with Gasteiger partial charge in [0.2, 0.25) is 0 Å². The summed E-state index contributed by atoms with van der Waals surface area (Å²) in [5.41, 5.74) is 11.3. The highest BCUT2D eigenvalue weighted by Crippen LogP contribution is 2.49. The van der Waals surface area contributed by atoms with Crippen LogP contribution in [0, 0.1) is 0 Å². The van der Waals surface area contributed by atoms with Gasteiger partial charge >= 0.3 is 0 Å². The first-order valence-electron chi connectivity index (χ1n) is 10.5. The van der Waals surface area contributed by atoms with E-state index >= 15 is 0 Å². The molecule has 3 nitrogen and oxygen atoms in total. The van der Waals surface area contributed by atoms with Gasteiger partial charge < -0.3 is 0 Å². The SMILES string of the molecule is CC1(C)c2ccccc2-c2nc(-c3cnc4c(c3)C(C)(C)c3cccnc3-4)ccc21. The summed E-state index contributed by atoms with van der Waals surface area (Å²) in [5, 5.41) is 0. The van der Waals surface area contributed by atoms with Gasteiger partial charge in [0.25, 0.3) is 0 Å². The second kappa shape index (κ2) is 5.63. The Balaban J connectivity index is 1.52. The number of benzene rings is 1. The van der Waals surface area contributed by atoms with Gasteiger partial charge in [-0.2, -0.15) is 0 Å². The van der Waals surface area contributed by atoms with Crippen molar-refractivity contribution in [1.82, 2.24) is 15.0 Å². The van der Waals surface area contributed by atoms with E-state index in [4.69, 9.17) is 9.97 Å². The molecule has 6 rings (SSSR count). The molecule has 0 saturated heterocycles. The van der Waals surface area contributed by atoms with Crippen LogP contribution in [-0.4, -0.2) is 15.0 Å². The first-order chi connectivity index (χ1) is 14.4. The standard InChI is InChI=1S/C27H23N3/c1-26(2)18-9-6-5-8-17(18)23-20(26)11-12-22(30-23)16-14-21-25(29-15-16)24-19(27(21,3)4)10-7-13-28-24/h5-15H,1-4H3. The van der Waals surface area contributed by atoms with Crippen molar-refractivity contribution in [3.63, 3.8) is 0 Å². The highest BCUT2D eigenvalue weighted by atomic mass is 14.8. The molecular formula is C27H23N3. The number of pyridine rings is 3. The van der Waals surface area contributed by atoms with Crippen molar-refractivity contribution in [3.8, 4) is 33.9 Å². The summed E-state index contributed by atoms with van der Waals surface area (Å²) < 4.78 is 0. The van der Waals surface area contributed by atoms with Crippen LogP contribution in [0.5, 0.6) is 0 Å². The number of rotatable bonds is 1. The smallest absolute Gasteiger partial charge is 0.0930 e. The third-order valence-electron chi connectivity index (χ3n) is 6.99. The summed E-state index contributed by atoms with van der Waals surface area (Å²) in [4.78, 5) is 14.6. The monoisotopic (exact) mass is 389 g/mol. The molecule has 3 heteroatoms. The van der Waals surface area contributed by atoms with Gasteiger partial charge in [0, 0.05) is 34.4 Å². The molecule has 0 aliphatic heterocycles. The zero-order chi connectivity index (χ0) is 20.7. The topological polar surface area (TPSA) is 38.7 Å². The molecular weight excluding hydrogens is 366 g/mol. The van der Waals surface area contributed by atoms with Gasteiger partial charge in [-0.05, 0) is 40.5 Å². The molecule has 30 heavy (non-hydrogen) atoms. The van der Waals surface area contributed by atoms with Crippen molar-refractivity contribution in [3.05, 3.63) is 89.2 Å². The molecule has 3 aromatic heterocycles. The Morgan fingerprint density at radius 2 is 1.33 bits per heavy atom. The van der Waals surface area contributed by atoms with E-state index in [1.165, 1.54) is 27.8 Å². The molecule has 146 valence electrons. The second-order valence-electron chi connectivity index (χ2n) is 9.41. The number of aromatic nitrogens is 3. The third-order valence-corrected chi connectivity index (χ3v) is 6.99. The molecule has 2 aliphatic rings. The normalized spacial score (nSPS) is 16.5. The van der Waals surface area contributed by atoms with Crippen LogP contribution in [-0.2, 0) is 10.8 Å².